The molecule has 2 fully saturated rings. The summed E-state index contributed by atoms with van der Waals surface area (Å²) >= 11 is 5.90. The molecule has 0 aromatic heterocycles. The first-order valence-electron chi connectivity index (χ1n) is 9.69. The van der Waals surface area contributed by atoms with E-state index in [-0.39, 0.29) is 17.9 Å². The number of likely N-dealkylation sites (tertiary alicyclic amines) is 1. The van der Waals surface area contributed by atoms with Crippen molar-refractivity contribution < 1.29 is 14.3 Å². The molecule has 4 rings (SSSR count). The van der Waals surface area contributed by atoms with E-state index in [0.717, 1.165) is 24.3 Å². The Morgan fingerprint density at radius 1 is 0.929 bits per heavy atom. The van der Waals surface area contributed by atoms with Crippen LogP contribution in [0.1, 0.15) is 19.3 Å². The van der Waals surface area contributed by atoms with Gasteiger partial charge in [0.1, 0.15) is 17.8 Å². The topological polar surface area (TPSA) is 49.9 Å². The lowest BCUT2D eigenvalue weighted by Crippen LogP contribution is -2.46. The van der Waals surface area contributed by atoms with Crippen LogP contribution in [0.2, 0.25) is 5.02 Å². The Morgan fingerprint density at radius 3 is 2.29 bits per heavy atom. The molecule has 1 atom stereocenters. The van der Waals surface area contributed by atoms with E-state index in [2.05, 4.69) is 0 Å². The van der Waals surface area contributed by atoms with Crippen LogP contribution < -0.4 is 9.64 Å². The third-order valence-electron chi connectivity index (χ3n) is 5.44. The molecule has 2 aliphatic heterocycles. The Bertz CT molecular complexity index is 833. The Hall–Kier alpha value is -2.53. The van der Waals surface area contributed by atoms with Crippen LogP contribution >= 0.6 is 11.6 Å². The van der Waals surface area contributed by atoms with Gasteiger partial charge in [0.25, 0.3) is 0 Å². The molecule has 2 saturated heterocycles. The van der Waals surface area contributed by atoms with Gasteiger partial charge in [-0.05, 0) is 42.8 Å². The zero-order chi connectivity index (χ0) is 19.5. The molecule has 0 unspecified atom stereocenters. The predicted octanol–water partition coefficient (Wildman–Crippen LogP) is 3.76. The lowest BCUT2D eigenvalue weighted by molar-refractivity contribution is -0.141. The molecule has 2 aliphatic rings. The first-order chi connectivity index (χ1) is 13.6. The van der Waals surface area contributed by atoms with Gasteiger partial charge >= 0.3 is 0 Å². The number of amides is 2. The first-order valence-corrected chi connectivity index (χ1v) is 10.1. The number of anilines is 1. The Morgan fingerprint density at radius 2 is 1.61 bits per heavy atom. The van der Waals surface area contributed by atoms with E-state index in [9.17, 15) is 9.59 Å². The van der Waals surface area contributed by atoms with Crippen molar-refractivity contribution in [3.05, 3.63) is 59.6 Å². The summed E-state index contributed by atoms with van der Waals surface area (Å²) in [6.45, 7) is 1.83. The van der Waals surface area contributed by atoms with E-state index >= 15 is 0 Å². The van der Waals surface area contributed by atoms with Gasteiger partial charge in [-0.3, -0.25) is 9.59 Å². The van der Waals surface area contributed by atoms with Gasteiger partial charge < -0.3 is 14.5 Å². The summed E-state index contributed by atoms with van der Waals surface area (Å²) in [4.78, 5) is 29.2. The van der Waals surface area contributed by atoms with Crippen molar-refractivity contribution in [2.24, 2.45) is 5.92 Å². The van der Waals surface area contributed by atoms with Crippen LogP contribution in [0.4, 0.5) is 5.69 Å². The maximum absolute atomic E-state index is 12.9. The molecule has 28 heavy (non-hydrogen) atoms. The van der Waals surface area contributed by atoms with Crippen molar-refractivity contribution >= 4 is 29.1 Å². The number of carbonyl (C=O) groups is 2. The maximum atomic E-state index is 12.9. The molecule has 0 N–H and O–H groups in total. The average molecular weight is 399 g/mol. The van der Waals surface area contributed by atoms with Crippen LogP contribution in [0.5, 0.6) is 5.75 Å². The SMILES string of the molecule is O=C([C@@H]1CCN(c2ccccc2)C1=O)N1CCC(Oc2ccc(Cl)cc2)CC1. The molecule has 0 saturated carbocycles. The van der Waals surface area contributed by atoms with Crippen LogP contribution in [0.15, 0.2) is 54.6 Å². The minimum atomic E-state index is -0.561. The third-order valence-corrected chi connectivity index (χ3v) is 5.69. The summed E-state index contributed by atoms with van der Waals surface area (Å²) < 4.78 is 5.99. The second kappa shape index (κ2) is 8.23. The van der Waals surface area contributed by atoms with Crippen LogP contribution in [0, 0.1) is 5.92 Å². The van der Waals surface area contributed by atoms with Gasteiger partial charge in [-0.1, -0.05) is 29.8 Å². The molecule has 0 aliphatic carbocycles. The van der Waals surface area contributed by atoms with Gasteiger partial charge in [-0.25, -0.2) is 0 Å². The van der Waals surface area contributed by atoms with Crippen LogP contribution in [0.25, 0.3) is 0 Å². The molecule has 6 heteroatoms. The fourth-order valence-corrected chi connectivity index (χ4v) is 4.02. The summed E-state index contributed by atoms with van der Waals surface area (Å²) in [6.07, 6.45) is 2.17. The van der Waals surface area contributed by atoms with Crippen molar-refractivity contribution in [1.29, 1.82) is 0 Å². The highest BCUT2D eigenvalue weighted by Gasteiger charge is 2.40. The van der Waals surface area contributed by atoms with E-state index in [1.807, 2.05) is 47.4 Å². The van der Waals surface area contributed by atoms with Crippen molar-refractivity contribution in [1.82, 2.24) is 4.90 Å². The smallest absolute Gasteiger partial charge is 0.239 e. The van der Waals surface area contributed by atoms with Crippen molar-refractivity contribution in [2.75, 3.05) is 24.5 Å². The average Bonchev–Trinajstić information content (AvgIpc) is 3.12. The summed E-state index contributed by atoms with van der Waals surface area (Å²) in [6, 6.07) is 16.9. The van der Waals surface area contributed by atoms with E-state index in [4.69, 9.17) is 16.3 Å². The minimum absolute atomic E-state index is 0.0478. The lowest BCUT2D eigenvalue weighted by atomic mass is 10.0. The van der Waals surface area contributed by atoms with E-state index in [0.29, 0.717) is 31.1 Å². The van der Waals surface area contributed by atoms with Crippen molar-refractivity contribution in [2.45, 2.75) is 25.4 Å². The molecular weight excluding hydrogens is 376 g/mol. The molecule has 2 heterocycles. The second-order valence-corrected chi connectivity index (χ2v) is 7.70. The zero-order valence-electron chi connectivity index (χ0n) is 15.6. The maximum Gasteiger partial charge on any atom is 0.239 e. The number of ether oxygens (including phenoxy) is 1. The lowest BCUT2D eigenvalue weighted by Gasteiger charge is -2.33. The molecule has 0 radical (unpaired) electrons. The molecule has 5 nitrogen and oxygen atoms in total. The molecule has 0 bridgehead atoms. The highest BCUT2D eigenvalue weighted by Crippen LogP contribution is 2.28. The van der Waals surface area contributed by atoms with Gasteiger partial charge in [0.05, 0.1) is 0 Å². The highest BCUT2D eigenvalue weighted by molar-refractivity contribution is 6.30. The van der Waals surface area contributed by atoms with Crippen LogP contribution in [-0.2, 0) is 9.59 Å². The number of para-hydroxylation sites is 1. The summed E-state index contributed by atoms with van der Waals surface area (Å²) in [5.41, 5.74) is 0.859. The molecule has 146 valence electrons. The van der Waals surface area contributed by atoms with Gasteiger partial charge in [0.15, 0.2) is 0 Å². The minimum Gasteiger partial charge on any atom is -0.490 e. The number of carbonyl (C=O) groups excluding carboxylic acids is 2. The van der Waals surface area contributed by atoms with Gasteiger partial charge in [0.2, 0.25) is 11.8 Å². The Kier molecular flexibility index (Phi) is 5.53. The predicted molar refractivity (Wildman–Crippen MR) is 109 cm³/mol. The van der Waals surface area contributed by atoms with Crippen LogP contribution in [-0.4, -0.2) is 42.5 Å². The normalized spacial score (nSPS) is 20.5. The third kappa shape index (κ3) is 3.99. The molecular formula is C22H23ClN2O3. The van der Waals surface area contributed by atoms with Gasteiger partial charge in [0, 0.05) is 43.2 Å². The Balaban J connectivity index is 1.31. The van der Waals surface area contributed by atoms with Crippen LogP contribution in [0.3, 0.4) is 0 Å². The second-order valence-electron chi connectivity index (χ2n) is 7.26. The number of nitrogens with zero attached hydrogens (tertiary/aromatic N) is 2. The fourth-order valence-electron chi connectivity index (χ4n) is 3.89. The summed E-state index contributed by atoms with van der Waals surface area (Å²) in [5.74, 6) is 0.0942. The molecule has 2 aromatic rings. The number of hydrogen-bond acceptors (Lipinski definition) is 3. The molecule has 2 aromatic carbocycles. The van der Waals surface area contributed by atoms with Gasteiger partial charge in [-0.2, -0.15) is 0 Å². The highest BCUT2D eigenvalue weighted by atomic mass is 35.5. The van der Waals surface area contributed by atoms with Crippen molar-refractivity contribution in [3.8, 4) is 5.75 Å². The summed E-state index contributed by atoms with van der Waals surface area (Å²) in [7, 11) is 0. The van der Waals surface area contributed by atoms with E-state index < -0.39 is 5.92 Å². The van der Waals surface area contributed by atoms with Gasteiger partial charge in [-0.15, -0.1) is 0 Å². The van der Waals surface area contributed by atoms with E-state index in [1.54, 1.807) is 17.0 Å². The standard InChI is InChI=1S/C22H23ClN2O3/c23-16-6-8-18(9-7-16)28-19-10-13-24(14-11-19)21(26)20-12-15-25(22(20)27)17-4-2-1-3-5-17/h1-9,19-20H,10-15H2/t20-/m0/s1. The number of halogens is 1. The van der Waals surface area contributed by atoms with E-state index in [1.165, 1.54) is 0 Å². The monoisotopic (exact) mass is 398 g/mol. The number of rotatable bonds is 4. The number of benzene rings is 2. The molecule has 0 spiro atoms. The summed E-state index contributed by atoms with van der Waals surface area (Å²) in [5, 5.41) is 0.679. The fraction of sp³-hybridized carbons (Fsp3) is 0.364. The van der Waals surface area contributed by atoms with Crippen molar-refractivity contribution in [3.63, 3.8) is 0 Å². The first kappa shape index (κ1) is 18.8. The zero-order valence-corrected chi connectivity index (χ0v) is 16.3. The number of hydrogen-bond donors (Lipinski definition) is 0. The largest absolute Gasteiger partial charge is 0.490 e. The Labute approximate surface area is 169 Å². The molecule has 2 amide bonds. The quantitative estimate of drug-likeness (QED) is 0.737. The number of piperidine rings is 1.